The molecule has 6 nitrogen and oxygen atoms in total. The van der Waals surface area contributed by atoms with E-state index in [1.807, 2.05) is 0 Å². The zero-order valence-corrected chi connectivity index (χ0v) is 12.3. The molecule has 7 heteroatoms. The van der Waals surface area contributed by atoms with Crippen molar-refractivity contribution in [2.75, 3.05) is 26.7 Å². The Morgan fingerprint density at radius 3 is 2.65 bits per heavy atom. The second kappa shape index (κ2) is 6.32. The van der Waals surface area contributed by atoms with Crippen molar-refractivity contribution in [3.63, 3.8) is 0 Å². The minimum atomic E-state index is -3.65. The number of likely N-dealkylation sites (N-methyl/N-ethyl adjacent to an activating group) is 1. The fourth-order valence-corrected chi connectivity index (χ4v) is 3.28. The lowest BCUT2D eigenvalue weighted by Crippen LogP contribution is -2.43. The van der Waals surface area contributed by atoms with Crippen molar-refractivity contribution in [2.24, 2.45) is 0 Å². The van der Waals surface area contributed by atoms with Crippen LogP contribution in [0.1, 0.15) is 19.3 Å². The molecular formula is C13H19N3O3S. The van der Waals surface area contributed by atoms with Crippen LogP contribution in [0.3, 0.4) is 0 Å². The Bertz CT molecular complexity index is 553. The first-order chi connectivity index (χ1) is 9.51. The van der Waals surface area contributed by atoms with E-state index in [4.69, 9.17) is 0 Å². The lowest BCUT2D eigenvalue weighted by molar-refractivity contribution is -0.132. The van der Waals surface area contributed by atoms with E-state index >= 15 is 0 Å². The summed E-state index contributed by atoms with van der Waals surface area (Å²) < 4.78 is 25.6. The van der Waals surface area contributed by atoms with Gasteiger partial charge in [0, 0.05) is 32.5 Å². The third kappa shape index (κ3) is 3.34. The maximum atomic E-state index is 12.3. The van der Waals surface area contributed by atoms with Gasteiger partial charge >= 0.3 is 0 Å². The number of carbonyl (C=O) groups is 1. The SMILES string of the molecule is CN(CC(=O)N1CCCCC1)S(=O)(=O)c1cccnc1. The predicted octanol–water partition coefficient (Wildman–Crippen LogP) is 0.715. The second-order valence-corrected chi connectivity index (χ2v) is 6.94. The summed E-state index contributed by atoms with van der Waals surface area (Å²) in [5.41, 5.74) is 0. The number of carbonyl (C=O) groups excluding carboxylic acids is 1. The van der Waals surface area contributed by atoms with Crippen molar-refractivity contribution in [3.05, 3.63) is 24.5 Å². The number of likely N-dealkylation sites (tertiary alicyclic amines) is 1. The van der Waals surface area contributed by atoms with Gasteiger partial charge < -0.3 is 4.90 Å². The van der Waals surface area contributed by atoms with Gasteiger partial charge in [-0.1, -0.05) is 0 Å². The fraction of sp³-hybridized carbons (Fsp3) is 0.538. The van der Waals surface area contributed by atoms with E-state index in [9.17, 15) is 13.2 Å². The number of nitrogens with zero attached hydrogens (tertiary/aromatic N) is 3. The van der Waals surface area contributed by atoms with Gasteiger partial charge in [0.05, 0.1) is 6.54 Å². The van der Waals surface area contributed by atoms with Crippen LogP contribution in [-0.2, 0) is 14.8 Å². The summed E-state index contributed by atoms with van der Waals surface area (Å²) in [5.74, 6) is -0.139. The third-order valence-corrected chi connectivity index (χ3v) is 5.20. The highest BCUT2D eigenvalue weighted by Crippen LogP contribution is 2.14. The van der Waals surface area contributed by atoms with Crippen molar-refractivity contribution in [1.29, 1.82) is 0 Å². The molecule has 1 aliphatic heterocycles. The number of sulfonamides is 1. The van der Waals surface area contributed by atoms with E-state index in [1.54, 1.807) is 11.0 Å². The zero-order valence-electron chi connectivity index (χ0n) is 11.5. The average molecular weight is 297 g/mol. The molecule has 0 radical (unpaired) electrons. The lowest BCUT2D eigenvalue weighted by Gasteiger charge is -2.28. The van der Waals surface area contributed by atoms with Crippen LogP contribution in [0.25, 0.3) is 0 Å². The maximum absolute atomic E-state index is 12.3. The number of rotatable bonds is 4. The van der Waals surface area contributed by atoms with Crippen LogP contribution < -0.4 is 0 Å². The monoisotopic (exact) mass is 297 g/mol. The van der Waals surface area contributed by atoms with Gasteiger partial charge in [0.2, 0.25) is 15.9 Å². The van der Waals surface area contributed by atoms with Crippen molar-refractivity contribution in [1.82, 2.24) is 14.2 Å². The van der Waals surface area contributed by atoms with Gasteiger partial charge in [0.25, 0.3) is 0 Å². The molecular weight excluding hydrogens is 278 g/mol. The molecule has 1 amide bonds. The summed E-state index contributed by atoms with van der Waals surface area (Å²) in [5, 5.41) is 0. The van der Waals surface area contributed by atoms with Gasteiger partial charge in [-0.25, -0.2) is 8.42 Å². The van der Waals surface area contributed by atoms with Gasteiger partial charge in [-0.3, -0.25) is 9.78 Å². The summed E-state index contributed by atoms with van der Waals surface area (Å²) in [6, 6.07) is 3.04. The molecule has 110 valence electrons. The Morgan fingerprint density at radius 2 is 2.05 bits per heavy atom. The maximum Gasteiger partial charge on any atom is 0.244 e. The summed E-state index contributed by atoms with van der Waals surface area (Å²) in [4.78, 5) is 17.7. The number of amides is 1. The molecule has 1 fully saturated rings. The van der Waals surface area contributed by atoms with E-state index in [0.29, 0.717) is 0 Å². The number of piperidine rings is 1. The highest BCUT2D eigenvalue weighted by Gasteiger charge is 2.25. The number of pyridine rings is 1. The van der Waals surface area contributed by atoms with E-state index in [1.165, 1.54) is 25.5 Å². The highest BCUT2D eigenvalue weighted by atomic mass is 32.2. The van der Waals surface area contributed by atoms with Crippen LogP contribution in [-0.4, -0.2) is 55.2 Å². The van der Waals surface area contributed by atoms with Crippen molar-refractivity contribution in [3.8, 4) is 0 Å². The molecule has 0 aromatic carbocycles. The van der Waals surface area contributed by atoms with Crippen LogP contribution >= 0.6 is 0 Å². The molecule has 1 saturated heterocycles. The first-order valence-electron chi connectivity index (χ1n) is 6.66. The predicted molar refractivity (Wildman–Crippen MR) is 74.5 cm³/mol. The van der Waals surface area contributed by atoms with Crippen LogP contribution in [0.2, 0.25) is 0 Å². The normalized spacial score (nSPS) is 16.4. The number of hydrogen-bond acceptors (Lipinski definition) is 4. The molecule has 0 bridgehead atoms. The fourth-order valence-electron chi connectivity index (χ4n) is 2.20. The van der Waals surface area contributed by atoms with E-state index < -0.39 is 10.0 Å². The molecule has 2 rings (SSSR count). The molecule has 1 aliphatic rings. The smallest absolute Gasteiger partial charge is 0.244 e. The van der Waals surface area contributed by atoms with Gasteiger partial charge in [-0.05, 0) is 31.4 Å². The molecule has 0 saturated carbocycles. The second-order valence-electron chi connectivity index (χ2n) is 4.89. The topological polar surface area (TPSA) is 70.6 Å². The van der Waals surface area contributed by atoms with Crippen LogP contribution in [0.15, 0.2) is 29.4 Å². The lowest BCUT2D eigenvalue weighted by atomic mass is 10.1. The van der Waals surface area contributed by atoms with Crippen molar-refractivity contribution >= 4 is 15.9 Å². The Hall–Kier alpha value is -1.47. The molecule has 1 aromatic rings. The Labute approximate surface area is 119 Å². The molecule has 2 heterocycles. The molecule has 20 heavy (non-hydrogen) atoms. The molecule has 1 aromatic heterocycles. The largest absolute Gasteiger partial charge is 0.342 e. The summed E-state index contributed by atoms with van der Waals surface area (Å²) in [6.07, 6.45) is 5.92. The first-order valence-corrected chi connectivity index (χ1v) is 8.10. The van der Waals surface area contributed by atoms with Crippen LogP contribution in [0.4, 0.5) is 0 Å². The van der Waals surface area contributed by atoms with Gasteiger partial charge in [-0.15, -0.1) is 0 Å². The van der Waals surface area contributed by atoms with E-state index in [2.05, 4.69) is 4.98 Å². The van der Waals surface area contributed by atoms with Crippen LogP contribution in [0, 0.1) is 0 Å². The van der Waals surface area contributed by atoms with Crippen molar-refractivity contribution < 1.29 is 13.2 Å². The third-order valence-electron chi connectivity index (χ3n) is 3.41. The minimum absolute atomic E-state index is 0.106. The van der Waals surface area contributed by atoms with Crippen LogP contribution in [0.5, 0.6) is 0 Å². The molecule has 0 unspecified atom stereocenters. The minimum Gasteiger partial charge on any atom is -0.342 e. The Morgan fingerprint density at radius 1 is 1.35 bits per heavy atom. The van der Waals surface area contributed by atoms with Gasteiger partial charge in [0.15, 0.2) is 0 Å². The summed E-state index contributed by atoms with van der Waals surface area (Å²) in [7, 11) is -2.23. The number of hydrogen-bond donors (Lipinski definition) is 0. The van der Waals surface area contributed by atoms with Crippen molar-refractivity contribution in [2.45, 2.75) is 24.2 Å². The van der Waals surface area contributed by atoms with E-state index in [0.717, 1.165) is 36.7 Å². The van der Waals surface area contributed by atoms with E-state index in [-0.39, 0.29) is 17.3 Å². The first kappa shape index (κ1) is 14.9. The highest BCUT2D eigenvalue weighted by molar-refractivity contribution is 7.89. The van der Waals surface area contributed by atoms with Gasteiger partial charge in [0.1, 0.15) is 4.90 Å². The molecule has 0 atom stereocenters. The molecule has 0 aliphatic carbocycles. The van der Waals surface area contributed by atoms with Gasteiger partial charge in [-0.2, -0.15) is 4.31 Å². The number of aromatic nitrogens is 1. The summed E-state index contributed by atoms with van der Waals surface area (Å²) >= 11 is 0. The Balaban J connectivity index is 2.04. The standard InChI is InChI=1S/C13H19N3O3S/c1-15(11-13(17)16-8-3-2-4-9-16)20(18,19)12-6-5-7-14-10-12/h5-7,10H,2-4,8-9,11H2,1H3. The quantitative estimate of drug-likeness (QED) is 0.821. The summed E-state index contributed by atoms with van der Waals surface area (Å²) in [6.45, 7) is 1.32. The Kier molecular flexibility index (Phi) is 4.72. The molecule has 0 N–H and O–H groups in total. The average Bonchev–Trinajstić information content (AvgIpc) is 2.49. The zero-order chi connectivity index (χ0) is 14.6. The molecule has 0 spiro atoms.